The van der Waals surface area contributed by atoms with Gasteiger partial charge in [-0.15, -0.1) is 11.3 Å². The molecule has 24 heavy (non-hydrogen) atoms. The van der Waals surface area contributed by atoms with Crippen LogP contribution in [0.25, 0.3) is 0 Å². The minimum Gasteiger partial charge on any atom is -0.486 e. The van der Waals surface area contributed by atoms with E-state index < -0.39 is 0 Å². The highest BCUT2D eigenvalue weighted by atomic mass is 32.1. The van der Waals surface area contributed by atoms with Crippen LogP contribution in [0.3, 0.4) is 0 Å². The van der Waals surface area contributed by atoms with Crippen molar-refractivity contribution in [3.8, 4) is 5.75 Å². The number of para-hydroxylation sites is 1. The summed E-state index contributed by atoms with van der Waals surface area (Å²) in [6.07, 6.45) is 0. The summed E-state index contributed by atoms with van der Waals surface area (Å²) < 4.78 is 5.76. The van der Waals surface area contributed by atoms with Crippen LogP contribution in [0.1, 0.15) is 26.6 Å². The molecule has 1 aromatic heterocycles. The monoisotopic (exact) mass is 338 g/mol. The van der Waals surface area contributed by atoms with E-state index in [2.05, 4.69) is 10.3 Å². The van der Waals surface area contributed by atoms with Crippen molar-refractivity contribution in [2.24, 2.45) is 0 Å². The number of aromatic nitrogens is 1. The van der Waals surface area contributed by atoms with Gasteiger partial charge in [0, 0.05) is 11.9 Å². The lowest BCUT2D eigenvalue weighted by molar-refractivity contribution is 0.0946. The van der Waals surface area contributed by atoms with E-state index >= 15 is 0 Å². The summed E-state index contributed by atoms with van der Waals surface area (Å²) in [4.78, 5) is 16.5. The summed E-state index contributed by atoms with van der Waals surface area (Å²) in [5.74, 6) is 0.667. The minimum absolute atomic E-state index is 0.169. The van der Waals surface area contributed by atoms with E-state index in [0.29, 0.717) is 18.8 Å². The Bertz CT molecular complexity index is 815. The second-order valence-electron chi connectivity index (χ2n) is 5.35. The largest absolute Gasteiger partial charge is 0.486 e. The van der Waals surface area contributed by atoms with Gasteiger partial charge in [-0.2, -0.15) is 0 Å². The quantitative estimate of drug-likeness (QED) is 0.740. The van der Waals surface area contributed by atoms with Crippen LogP contribution >= 0.6 is 11.3 Å². The number of amides is 1. The predicted molar refractivity (Wildman–Crippen MR) is 95.2 cm³/mol. The van der Waals surface area contributed by atoms with Crippen LogP contribution in [0.15, 0.2) is 60.0 Å². The Morgan fingerprint density at radius 2 is 1.88 bits per heavy atom. The Morgan fingerprint density at radius 1 is 1.12 bits per heavy atom. The molecule has 0 bridgehead atoms. The van der Waals surface area contributed by atoms with Crippen LogP contribution in [0.2, 0.25) is 0 Å². The minimum atomic E-state index is -0.169. The van der Waals surface area contributed by atoms with Crippen LogP contribution in [-0.4, -0.2) is 10.9 Å². The zero-order valence-electron chi connectivity index (χ0n) is 13.4. The second-order valence-corrected chi connectivity index (χ2v) is 6.29. The molecule has 0 aliphatic heterocycles. The molecule has 3 rings (SSSR count). The van der Waals surface area contributed by atoms with Gasteiger partial charge >= 0.3 is 0 Å². The molecule has 0 atom stereocenters. The number of nitrogens with zero attached hydrogens (tertiary/aromatic N) is 1. The Balaban J connectivity index is 1.55. The zero-order chi connectivity index (χ0) is 16.8. The molecule has 0 spiro atoms. The zero-order valence-corrected chi connectivity index (χ0v) is 14.2. The lowest BCUT2D eigenvalue weighted by atomic mass is 10.2. The summed E-state index contributed by atoms with van der Waals surface area (Å²) in [5.41, 5.74) is 2.57. The Hall–Kier alpha value is -2.66. The van der Waals surface area contributed by atoms with Crippen LogP contribution in [0.5, 0.6) is 5.75 Å². The molecule has 2 aromatic carbocycles. The van der Waals surface area contributed by atoms with E-state index in [1.807, 2.05) is 61.5 Å². The van der Waals surface area contributed by atoms with E-state index in [1.165, 1.54) is 11.3 Å². The van der Waals surface area contributed by atoms with Gasteiger partial charge in [0.15, 0.2) is 0 Å². The molecular formula is C19H18N2O2S. The lowest BCUT2D eigenvalue weighted by Gasteiger charge is -2.06. The highest BCUT2D eigenvalue weighted by Gasteiger charge is 2.11. The number of nitrogens with one attached hydrogen (secondary N) is 1. The highest BCUT2D eigenvalue weighted by molar-refractivity contribution is 7.09. The molecule has 0 fully saturated rings. The van der Waals surface area contributed by atoms with E-state index in [-0.39, 0.29) is 5.91 Å². The number of aryl methyl sites for hydroxylation is 1. The first kappa shape index (κ1) is 16.2. The summed E-state index contributed by atoms with van der Waals surface area (Å²) in [6.45, 7) is 2.85. The Kier molecular flexibility index (Phi) is 5.23. The van der Waals surface area contributed by atoms with Gasteiger partial charge in [-0.25, -0.2) is 4.98 Å². The number of rotatable bonds is 6. The molecule has 0 saturated heterocycles. The first-order valence-electron chi connectivity index (χ1n) is 7.67. The maximum absolute atomic E-state index is 12.2. The number of carbonyl (C=O) groups excluding carboxylic acids is 1. The third-order valence-corrected chi connectivity index (χ3v) is 4.35. The molecule has 1 amide bonds. The summed E-state index contributed by atoms with van der Waals surface area (Å²) in [7, 11) is 0. The fourth-order valence-corrected chi connectivity index (χ4v) is 2.89. The van der Waals surface area contributed by atoms with Crippen molar-refractivity contribution in [3.05, 3.63) is 81.8 Å². The number of benzene rings is 2. The third-order valence-electron chi connectivity index (χ3n) is 3.53. The fraction of sp³-hybridized carbons (Fsp3) is 0.158. The SMILES string of the molecule is Cc1ccccc1OCc1nc(C(=O)NCc2ccccc2)cs1. The highest BCUT2D eigenvalue weighted by Crippen LogP contribution is 2.19. The normalized spacial score (nSPS) is 10.4. The molecule has 3 aromatic rings. The van der Waals surface area contributed by atoms with Crippen molar-refractivity contribution >= 4 is 17.2 Å². The number of ether oxygens (including phenoxy) is 1. The lowest BCUT2D eigenvalue weighted by Crippen LogP contribution is -2.23. The van der Waals surface area contributed by atoms with E-state index in [0.717, 1.165) is 21.9 Å². The molecule has 122 valence electrons. The van der Waals surface area contributed by atoms with Gasteiger partial charge in [0.05, 0.1) is 0 Å². The van der Waals surface area contributed by atoms with Crippen LogP contribution in [-0.2, 0) is 13.2 Å². The molecular weight excluding hydrogens is 320 g/mol. The van der Waals surface area contributed by atoms with Gasteiger partial charge in [-0.05, 0) is 24.1 Å². The standard InChI is InChI=1S/C19H18N2O2S/c1-14-7-5-6-10-17(14)23-12-18-21-16(13-24-18)19(22)20-11-15-8-3-2-4-9-15/h2-10,13H,11-12H2,1H3,(H,20,22). The average Bonchev–Trinajstić information content (AvgIpc) is 3.09. The molecule has 4 nitrogen and oxygen atoms in total. The first-order chi connectivity index (χ1) is 11.7. The summed E-state index contributed by atoms with van der Waals surface area (Å²) >= 11 is 1.43. The van der Waals surface area contributed by atoms with Gasteiger partial charge < -0.3 is 10.1 Å². The number of carbonyl (C=O) groups is 1. The van der Waals surface area contributed by atoms with Crippen LogP contribution in [0.4, 0.5) is 0 Å². The maximum Gasteiger partial charge on any atom is 0.271 e. The number of hydrogen-bond acceptors (Lipinski definition) is 4. The van der Waals surface area contributed by atoms with Crippen molar-refractivity contribution in [2.75, 3.05) is 0 Å². The average molecular weight is 338 g/mol. The van der Waals surface area contributed by atoms with Crippen molar-refractivity contribution in [3.63, 3.8) is 0 Å². The van der Waals surface area contributed by atoms with E-state index in [4.69, 9.17) is 4.74 Å². The van der Waals surface area contributed by atoms with Crippen LogP contribution < -0.4 is 10.1 Å². The second kappa shape index (κ2) is 7.75. The molecule has 1 N–H and O–H groups in total. The molecule has 0 radical (unpaired) electrons. The van der Waals surface area contributed by atoms with E-state index in [9.17, 15) is 4.79 Å². The molecule has 0 aliphatic carbocycles. The first-order valence-corrected chi connectivity index (χ1v) is 8.55. The van der Waals surface area contributed by atoms with Gasteiger partial charge in [-0.3, -0.25) is 4.79 Å². The Morgan fingerprint density at radius 3 is 2.67 bits per heavy atom. The van der Waals surface area contributed by atoms with Gasteiger partial charge in [-0.1, -0.05) is 48.5 Å². The third kappa shape index (κ3) is 4.20. The molecule has 0 unspecified atom stereocenters. The van der Waals surface area contributed by atoms with Crippen molar-refractivity contribution in [2.45, 2.75) is 20.1 Å². The molecule has 1 heterocycles. The smallest absolute Gasteiger partial charge is 0.271 e. The predicted octanol–water partition coefficient (Wildman–Crippen LogP) is 3.96. The van der Waals surface area contributed by atoms with Crippen molar-refractivity contribution in [1.82, 2.24) is 10.3 Å². The fourth-order valence-electron chi connectivity index (χ4n) is 2.21. The molecule has 5 heteroatoms. The number of hydrogen-bond donors (Lipinski definition) is 1. The van der Waals surface area contributed by atoms with Gasteiger partial charge in [0.25, 0.3) is 5.91 Å². The topological polar surface area (TPSA) is 51.2 Å². The van der Waals surface area contributed by atoms with Crippen LogP contribution in [0, 0.1) is 6.92 Å². The summed E-state index contributed by atoms with van der Waals surface area (Å²) in [5, 5.41) is 5.42. The van der Waals surface area contributed by atoms with E-state index in [1.54, 1.807) is 5.38 Å². The Labute approximate surface area is 145 Å². The molecule has 0 saturated carbocycles. The van der Waals surface area contributed by atoms with Gasteiger partial charge in [0.2, 0.25) is 0 Å². The van der Waals surface area contributed by atoms with Crippen molar-refractivity contribution in [1.29, 1.82) is 0 Å². The van der Waals surface area contributed by atoms with Gasteiger partial charge in [0.1, 0.15) is 23.1 Å². The number of thiazole rings is 1. The maximum atomic E-state index is 12.2. The molecule has 0 aliphatic rings. The van der Waals surface area contributed by atoms with Crippen molar-refractivity contribution < 1.29 is 9.53 Å². The summed E-state index contributed by atoms with van der Waals surface area (Å²) in [6, 6.07) is 17.6.